The van der Waals surface area contributed by atoms with E-state index in [1.165, 1.54) is 12.1 Å². The van der Waals surface area contributed by atoms with E-state index < -0.39 is 5.91 Å². The molecule has 0 saturated heterocycles. The molecular weight excluding hydrogens is 287 g/mol. The van der Waals surface area contributed by atoms with E-state index in [9.17, 15) is 4.79 Å². The topological polar surface area (TPSA) is 80.9 Å². The van der Waals surface area contributed by atoms with Crippen molar-refractivity contribution in [2.24, 2.45) is 0 Å². The first kappa shape index (κ1) is 13.6. The van der Waals surface area contributed by atoms with Gasteiger partial charge in [0.05, 0.1) is 10.6 Å². The molecule has 0 aliphatic carbocycles. The fourth-order valence-electron chi connectivity index (χ4n) is 1.47. The molecule has 5 nitrogen and oxygen atoms in total. The van der Waals surface area contributed by atoms with Gasteiger partial charge in [-0.1, -0.05) is 23.2 Å². The summed E-state index contributed by atoms with van der Waals surface area (Å²) in [4.78, 5) is 20.0. The maximum absolute atomic E-state index is 12.0. The monoisotopic (exact) mass is 296 g/mol. The number of benzene rings is 1. The van der Waals surface area contributed by atoms with E-state index in [1.807, 2.05) is 0 Å². The second kappa shape index (κ2) is 5.42. The van der Waals surface area contributed by atoms with Crippen LogP contribution in [0, 0.1) is 6.92 Å². The lowest BCUT2D eigenvalue weighted by Gasteiger charge is -2.06. The van der Waals surface area contributed by atoms with Crippen LogP contribution in [0.3, 0.4) is 0 Å². The summed E-state index contributed by atoms with van der Waals surface area (Å²) in [5, 5.41) is 3.05. The lowest BCUT2D eigenvalue weighted by atomic mass is 10.2. The van der Waals surface area contributed by atoms with E-state index >= 15 is 0 Å². The van der Waals surface area contributed by atoms with Crippen LogP contribution in [0.2, 0.25) is 10.2 Å². The van der Waals surface area contributed by atoms with Crippen molar-refractivity contribution in [2.45, 2.75) is 6.92 Å². The van der Waals surface area contributed by atoms with Crippen LogP contribution >= 0.6 is 23.2 Å². The third-order valence-corrected chi connectivity index (χ3v) is 2.79. The van der Waals surface area contributed by atoms with Gasteiger partial charge in [-0.2, -0.15) is 0 Å². The van der Waals surface area contributed by atoms with E-state index in [2.05, 4.69) is 15.3 Å². The summed E-state index contributed by atoms with van der Waals surface area (Å²) in [6.07, 6.45) is 0. The minimum absolute atomic E-state index is 0.128. The molecule has 0 bridgehead atoms. The molecule has 0 spiro atoms. The fraction of sp³-hybridized carbons (Fsp3) is 0.0833. The Kier molecular flexibility index (Phi) is 3.87. The molecule has 19 heavy (non-hydrogen) atoms. The van der Waals surface area contributed by atoms with Gasteiger partial charge in [-0.15, -0.1) is 0 Å². The van der Waals surface area contributed by atoms with Crippen molar-refractivity contribution in [3.05, 3.63) is 45.7 Å². The first-order valence-corrected chi connectivity index (χ1v) is 6.09. The lowest BCUT2D eigenvalue weighted by molar-refractivity contribution is 0.102. The van der Waals surface area contributed by atoms with Gasteiger partial charge in [0.25, 0.3) is 5.91 Å². The maximum Gasteiger partial charge on any atom is 0.259 e. The van der Waals surface area contributed by atoms with Gasteiger partial charge in [0.2, 0.25) is 5.95 Å². The molecule has 0 fully saturated rings. The van der Waals surface area contributed by atoms with Crippen LogP contribution in [0.15, 0.2) is 24.3 Å². The molecule has 98 valence electrons. The van der Waals surface area contributed by atoms with Gasteiger partial charge in [-0.25, -0.2) is 9.97 Å². The summed E-state index contributed by atoms with van der Waals surface area (Å²) in [5.74, 6) is -0.297. The van der Waals surface area contributed by atoms with Crippen LogP contribution < -0.4 is 11.1 Å². The number of nitrogens with two attached hydrogens (primary N) is 1. The molecule has 1 aromatic heterocycles. The van der Waals surface area contributed by atoms with Crippen molar-refractivity contribution in [1.29, 1.82) is 0 Å². The predicted octanol–water partition coefficient (Wildman–Crippen LogP) is 2.93. The first-order valence-electron chi connectivity index (χ1n) is 5.33. The van der Waals surface area contributed by atoms with Crippen molar-refractivity contribution < 1.29 is 4.79 Å². The maximum atomic E-state index is 12.0. The molecule has 7 heteroatoms. The average Bonchev–Trinajstić information content (AvgIpc) is 2.26. The first-order chi connectivity index (χ1) is 8.95. The molecule has 2 rings (SSSR count). The van der Waals surface area contributed by atoms with E-state index in [0.717, 1.165) is 0 Å². The Labute approximate surface area is 119 Å². The lowest BCUT2D eigenvalue weighted by Crippen LogP contribution is -2.15. The van der Waals surface area contributed by atoms with Crippen LogP contribution in [0.4, 0.5) is 11.6 Å². The number of halogens is 2. The number of anilines is 2. The van der Waals surface area contributed by atoms with Crippen molar-refractivity contribution in [3.63, 3.8) is 0 Å². The quantitative estimate of drug-likeness (QED) is 0.659. The summed E-state index contributed by atoms with van der Waals surface area (Å²) in [6, 6.07) is 6.21. The second-order valence-corrected chi connectivity index (χ2v) is 4.64. The zero-order valence-electron chi connectivity index (χ0n) is 9.95. The largest absolute Gasteiger partial charge is 0.399 e. The highest BCUT2D eigenvalue weighted by Gasteiger charge is 2.12. The van der Waals surface area contributed by atoms with Crippen molar-refractivity contribution in [3.8, 4) is 0 Å². The van der Waals surface area contributed by atoms with Gasteiger partial charge >= 0.3 is 0 Å². The molecule has 0 aliphatic rings. The van der Waals surface area contributed by atoms with Crippen LogP contribution in [0.25, 0.3) is 0 Å². The molecule has 0 atom stereocenters. The van der Waals surface area contributed by atoms with Crippen LogP contribution in [-0.2, 0) is 0 Å². The number of amides is 1. The zero-order chi connectivity index (χ0) is 14.0. The van der Waals surface area contributed by atoms with Crippen LogP contribution in [-0.4, -0.2) is 15.9 Å². The Bertz CT molecular complexity index is 625. The Morgan fingerprint density at radius 2 is 2.00 bits per heavy atom. The summed E-state index contributed by atoms with van der Waals surface area (Å²) >= 11 is 11.7. The molecule has 0 aliphatic heterocycles. The molecule has 2 aromatic rings. The van der Waals surface area contributed by atoms with Gasteiger partial charge < -0.3 is 5.73 Å². The number of carbonyl (C=O) groups excluding carboxylic acids is 1. The van der Waals surface area contributed by atoms with Gasteiger partial charge in [0.1, 0.15) is 5.15 Å². The summed E-state index contributed by atoms with van der Waals surface area (Å²) in [5.41, 5.74) is 6.98. The van der Waals surface area contributed by atoms with E-state index in [4.69, 9.17) is 28.9 Å². The number of aromatic nitrogens is 2. The molecule has 0 unspecified atom stereocenters. The van der Waals surface area contributed by atoms with Crippen LogP contribution in [0.5, 0.6) is 0 Å². The number of nitrogens with one attached hydrogen (secondary N) is 1. The third kappa shape index (κ3) is 3.33. The minimum Gasteiger partial charge on any atom is -0.399 e. The summed E-state index contributed by atoms with van der Waals surface area (Å²) < 4.78 is 0. The number of rotatable bonds is 2. The highest BCUT2D eigenvalue weighted by atomic mass is 35.5. The average molecular weight is 297 g/mol. The number of nitrogens with zero attached hydrogens (tertiary/aromatic N) is 2. The molecular formula is C12H10Cl2N4O. The normalized spacial score (nSPS) is 10.3. The SMILES string of the molecule is Cc1cc(Cl)nc(NC(=O)c2ccc(N)cc2Cl)n1. The number of carbonyl (C=O) groups is 1. The molecule has 1 heterocycles. The highest BCUT2D eigenvalue weighted by molar-refractivity contribution is 6.34. The van der Waals surface area contributed by atoms with Gasteiger partial charge in [-0.05, 0) is 31.2 Å². The third-order valence-electron chi connectivity index (χ3n) is 2.29. The molecule has 0 saturated carbocycles. The standard InChI is InChI=1S/C12H10Cl2N4O/c1-6-4-10(14)17-12(16-6)18-11(19)8-3-2-7(15)5-9(8)13/h2-5H,15H2,1H3,(H,16,17,18,19). The predicted molar refractivity (Wildman–Crippen MR) is 75.6 cm³/mol. The van der Waals surface area contributed by atoms with E-state index in [0.29, 0.717) is 11.4 Å². The van der Waals surface area contributed by atoms with Gasteiger partial charge in [-0.3, -0.25) is 10.1 Å². The fourth-order valence-corrected chi connectivity index (χ4v) is 1.98. The Hall–Kier alpha value is -1.85. The number of hydrogen-bond acceptors (Lipinski definition) is 4. The van der Waals surface area contributed by atoms with Crippen molar-refractivity contribution in [1.82, 2.24) is 9.97 Å². The van der Waals surface area contributed by atoms with Gasteiger partial charge in [0, 0.05) is 11.4 Å². The summed E-state index contributed by atoms with van der Waals surface area (Å²) in [6.45, 7) is 1.75. The number of nitrogen functional groups attached to an aromatic ring is 1. The Balaban J connectivity index is 2.25. The number of hydrogen-bond donors (Lipinski definition) is 2. The minimum atomic E-state index is -0.424. The highest BCUT2D eigenvalue weighted by Crippen LogP contribution is 2.20. The second-order valence-electron chi connectivity index (χ2n) is 3.85. The number of aryl methyl sites for hydroxylation is 1. The molecule has 1 amide bonds. The Morgan fingerprint density at radius 3 is 2.63 bits per heavy atom. The Morgan fingerprint density at radius 1 is 1.26 bits per heavy atom. The molecule has 0 radical (unpaired) electrons. The summed E-state index contributed by atoms with van der Waals surface area (Å²) in [7, 11) is 0. The van der Waals surface area contributed by atoms with Crippen molar-refractivity contribution in [2.75, 3.05) is 11.1 Å². The zero-order valence-corrected chi connectivity index (χ0v) is 11.5. The molecule has 3 N–H and O–H groups in total. The van der Waals surface area contributed by atoms with E-state index in [-0.39, 0.29) is 21.7 Å². The smallest absolute Gasteiger partial charge is 0.259 e. The van der Waals surface area contributed by atoms with Gasteiger partial charge in [0.15, 0.2) is 0 Å². The van der Waals surface area contributed by atoms with E-state index in [1.54, 1.807) is 19.1 Å². The van der Waals surface area contributed by atoms with Crippen LogP contribution in [0.1, 0.15) is 16.1 Å². The van der Waals surface area contributed by atoms with Crippen molar-refractivity contribution >= 4 is 40.7 Å². The molecule has 1 aromatic carbocycles.